The Bertz CT molecular complexity index is 388. The van der Waals surface area contributed by atoms with Gasteiger partial charge in [0.1, 0.15) is 12.4 Å². The fourth-order valence-corrected chi connectivity index (χ4v) is 1.44. The van der Waals surface area contributed by atoms with Crippen LogP contribution in [0.2, 0.25) is 0 Å². The summed E-state index contributed by atoms with van der Waals surface area (Å²) in [5.74, 6) is 0.692. The molecule has 1 fully saturated rings. The molecule has 0 saturated heterocycles. The number of rotatable bonds is 6. The minimum atomic E-state index is 0.270. The maximum absolute atomic E-state index is 5.71. The van der Waals surface area contributed by atoms with Gasteiger partial charge in [-0.3, -0.25) is 4.98 Å². The van der Waals surface area contributed by atoms with Crippen molar-refractivity contribution in [3.05, 3.63) is 34.6 Å². The Balaban J connectivity index is 1.79. The van der Waals surface area contributed by atoms with Crippen molar-refractivity contribution in [1.82, 2.24) is 10.3 Å². The van der Waals surface area contributed by atoms with Gasteiger partial charge in [-0.25, -0.2) is 0 Å². The summed E-state index contributed by atoms with van der Waals surface area (Å²) in [6, 6.07) is 4.53. The van der Waals surface area contributed by atoms with E-state index >= 15 is 0 Å². The molecular formula is C12H14Cl2N2O. The Morgan fingerprint density at radius 2 is 2.35 bits per heavy atom. The van der Waals surface area contributed by atoms with Gasteiger partial charge in [0.05, 0.1) is 16.9 Å². The quantitative estimate of drug-likeness (QED) is 0.865. The van der Waals surface area contributed by atoms with Gasteiger partial charge in [0.25, 0.3) is 0 Å². The van der Waals surface area contributed by atoms with E-state index in [2.05, 4.69) is 10.3 Å². The third kappa shape index (κ3) is 4.54. The zero-order valence-electron chi connectivity index (χ0n) is 9.33. The van der Waals surface area contributed by atoms with Gasteiger partial charge in [0.2, 0.25) is 0 Å². The molecular weight excluding hydrogens is 259 g/mol. The highest BCUT2D eigenvalue weighted by atomic mass is 35.5. The van der Waals surface area contributed by atoms with Crippen molar-refractivity contribution >= 4 is 23.2 Å². The summed E-state index contributed by atoms with van der Waals surface area (Å²) in [7, 11) is 0. The van der Waals surface area contributed by atoms with Crippen LogP contribution in [0.15, 0.2) is 28.9 Å². The molecule has 1 heterocycles. The van der Waals surface area contributed by atoms with E-state index in [9.17, 15) is 0 Å². The van der Waals surface area contributed by atoms with Crippen molar-refractivity contribution in [2.75, 3.05) is 6.61 Å². The first-order chi connectivity index (χ1) is 8.28. The third-order valence-electron chi connectivity index (χ3n) is 2.44. The number of nitrogens with one attached hydrogen (secondary N) is 1. The van der Waals surface area contributed by atoms with E-state index in [-0.39, 0.29) is 6.61 Å². The van der Waals surface area contributed by atoms with Crippen LogP contribution in [-0.2, 0) is 6.54 Å². The van der Waals surface area contributed by atoms with Crippen LogP contribution in [-0.4, -0.2) is 17.6 Å². The Hall–Kier alpha value is -0.770. The van der Waals surface area contributed by atoms with E-state index in [1.165, 1.54) is 18.4 Å². The van der Waals surface area contributed by atoms with Gasteiger partial charge in [-0.05, 0) is 25.0 Å². The van der Waals surface area contributed by atoms with Crippen molar-refractivity contribution in [2.45, 2.75) is 25.4 Å². The van der Waals surface area contributed by atoms with Gasteiger partial charge in [-0.15, -0.1) is 0 Å². The standard InChI is InChI=1S/C12H14Cl2N2O/c13-5-9(14)8-17-12-4-3-11(16-7-12)6-15-10-1-2-10/h3-5,7,10,15H,1-2,6,8H2. The summed E-state index contributed by atoms with van der Waals surface area (Å²) >= 11 is 11.1. The molecule has 0 atom stereocenters. The number of ether oxygens (including phenoxy) is 1. The highest BCUT2D eigenvalue weighted by molar-refractivity contribution is 6.36. The van der Waals surface area contributed by atoms with Crippen LogP contribution in [0.4, 0.5) is 0 Å². The minimum absolute atomic E-state index is 0.270. The molecule has 2 rings (SSSR count). The van der Waals surface area contributed by atoms with Gasteiger partial charge in [-0.1, -0.05) is 23.2 Å². The predicted octanol–water partition coefficient (Wildman–Crippen LogP) is 3.03. The number of nitrogens with zero attached hydrogens (tertiary/aromatic N) is 1. The predicted molar refractivity (Wildman–Crippen MR) is 69.4 cm³/mol. The molecule has 0 bridgehead atoms. The fraction of sp³-hybridized carbons (Fsp3) is 0.417. The largest absolute Gasteiger partial charge is 0.486 e. The SMILES string of the molecule is ClC=C(Cl)COc1ccc(CNC2CC2)nc1. The molecule has 0 aliphatic heterocycles. The van der Waals surface area contributed by atoms with E-state index in [0.29, 0.717) is 16.8 Å². The molecule has 17 heavy (non-hydrogen) atoms. The van der Waals surface area contributed by atoms with Crippen molar-refractivity contribution < 1.29 is 4.74 Å². The van der Waals surface area contributed by atoms with Crippen LogP contribution in [0.25, 0.3) is 0 Å². The monoisotopic (exact) mass is 272 g/mol. The molecule has 0 spiro atoms. The van der Waals surface area contributed by atoms with Gasteiger partial charge < -0.3 is 10.1 Å². The number of hydrogen-bond acceptors (Lipinski definition) is 3. The molecule has 1 aromatic heterocycles. The lowest BCUT2D eigenvalue weighted by Crippen LogP contribution is -2.16. The van der Waals surface area contributed by atoms with E-state index < -0.39 is 0 Å². The van der Waals surface area contributed by atoms with E-state index in [1.807, 2.05) is 12.1 Å². The summed E-state index contributed by atoms with van der Waals surface area (Å²) in [6.45, 7) is 1.08. The number of halogens is 2. The summed E-state index contributed by atoms with van der Waals surface area (Å²) in [5, 5.41) is 3.86. The van der Waals surface area contributed by atoms with Gasteiger partial charge in [0.15, 0.2) is 0 Å². The minimum Gasteiger partial charge on any atom is -0.486 e. The summed E-state index contributed by atoms with van der Waals surface area (Å²) in [5.41, 5.74) is 2.31. The lowest BCUT2D eigenvalue weighted by molar-refractivity contribution is 0.357. The summed E-state index contributed by atoms with van der Waals surface area (Å²) < 4.78 is 5.38. The number of hydrogen-bond donors (Lipinski definition) is 1. The zero-order valence-corrected chi connectivity index (χ0v) is 10.8. The van der Waals surface area contributed by atoms with Crippen LogP contribution in [0.3, 0.4) is 0 Å². The van der Waals surface area contributed by atoms with Gasteiger partial charge in [0, 0.05) is 18.1 Å². The first kappa shape index (κ1) is 12.7. The Morgan fingerprint density at radius 3 is 2.94 bits per heavy atom. The van der Waals surface area contributed by atoms with E-state index in [0.717, 1.165) is 12.2 Å². The summed E-state index contributed by atoms with van der Waals surface area (Å²) in [4.78, 5) is 4.30. The van der Waals surface area contributed by atoms with Crippen molar-refractivity contribution in [3.8, 4) is 5.75 Å². The topological polar surface area (TPSA) is 34.1 Å². The number of pyridine rings is 1. The maximum atomic E-state index is 5.71. The van der Waals surface area contributed by atoms with Gasteiger partial charge >= 0.3 is 0 Å². The lowest BCUT2D eigenvalue weighted by atomic mass is 10.3. The van der Waals surface area contributed by atoms with E-state index in [4.69, 9.17) is 27.9 Å². The van der Waals surface area contributed by atoms with Crippen LogP contribution in [0.1, 0.15) is 18.5 Å². The van der Waals surface area contributed by atoms with Crippen LogP contribution < -0.4 is 10.1 Å². The molecule has 1 aromatic rings. The average Bonchev–Trinajstić information content (AvgIpc) is 3.18. The van der Waals surface area contributed by atoms with Gasteiger partial charge in [-0.2, -0.15) is 0 Å². The zero-order chi connectivity index (χ0) is 12.1. The summed E-state index contributed by atoms with van der Waals surface area (Å²) in [6.07, 6.45) is 4.26. The van der Waals surface area contributed by atoms with E-state index in [1.54, 1.807) is 6.20 Å². The molecule has 0 amide bonds. The second-order valence-electron chi connectivity index (χ2n) is 3.99. The van der Waals surface area contributed by atoms with Crippen molar-refractivity contribution in [1.29, 1.82) is 0 Å². The molecule has 1 saturated carbocycles. The van der Waals surface area contributed by atoms with Crippen LogP contribution >= 0.6 is 23.2 Å². The molecule has 5 heteroatoms. The second kappa shape index (κ2) is 6.24. The molecule has 1 aliphatic rings. The Labute approximate surface area is 111 Å². The maximum Gasteiger partial charge on any atom is 0.138 e. The first-order valence-electron chi connectivity index (χ1n) is 5.54. The molecule has 0 unspecified atom stereocenters. The number of aromatic nitrogens is 1. The first-order valence-corrected chi connectivity index (χ1v) is 6.35. The van der Waals surface area contributed by atoms with Crippen molar-refractivity contribution in [2.24, 2.45) is 0 Å². The Kier molecular flexibility index (Phi) is 4.66. The molecule has 0 aromatic carbocycles. The molecule has 3 nitrogen and oxygen atoms in total. The highest BCUT2D eigenvalue weighted by Crippen LogP contribution is 2.19. The molecule has 92 valence electrons. The Morgan fingerprint density at radius 1 is 1.53 bits per heavy atom. The highest BCUT2D eigenvalue weighted by Gasteiger charge is 2.19. The lowest BCUT2D eigenvalue weighted by Gasteiger charge is -2.06. The van der Waals surface area contributed by atoms with Crippen LogP contribution in [0, 0.1) is 0 Å². The molecule has 1 N–H and O–H groups in total. The second-order valence-corrected chi connectivity index (χ2v) is 4.69. The average molecular weight is 273 g/mol. The smallest absolute Gasteiger partial charge is 0.138 e. The van der Waals surface area contributed by atoms with Crippen molar-refractivity contribution in [3.63, 3.8) is 0 Å². The molecule has 0 radical (unpaired) electrons. The van der Waals surface area contributed by atoms with Crippen LogP contribution in [0.5, 0.6) is 5.75 Å². The fourth-order valence-electron chi connectivity index (χ4n) is 1.32. The molecule has 1 aliphatic carbocycles. The normalized spacial score (nSPS) is 16.0. The third-order valence-corrected chi connectivity index (χ3v) is 3.04.